The van der Waals surface area contributed by atoms with Crippen molar-refractivity contribution in [2.75, 3.05) is 6.61 Å². The molecule has 0 aliphatic carbocycles. The molecule has 1 N–H and O–H groups in total. The van der Waals surface area contributed by atoms with Crippen molar-refractivity contribution in [1.29, 1.82) is 0 Å². The molecular weight excluding hydrogens is 296 g/mol. The smallest absolute Gasteiger partial charge is 0.107 e. The molecule has 23 heavy (non-hydrogen) atoms. The lowest BCUT2D eigenvalue weighted by Crippen LogP contribution is -2.42. The van der Waals surface area contributed by atoms with Crippen molar-refractivity contribution in [3.63, 3.8) is 0 Å². The topological polar surface area (TPSA) is 20.2 Å². The van der Waals surface area contributed by atoms with E-state index in [0.717, 1.165) is 11.5 Å². The van der Waals surface area contributed by atoms with Gasteiger partial charge in [0.1, 0.15) is 8.07 Å². The van der Waals surface area contributed by atoms with Crippen molar-refractivity contribution in [3.05, 3.63) is 53.3 Å². The second kappa shape index (κ2) is 9.24. The third kappa shape index (κ3) is 6.12. The average Bonchev–Trinajstić information content (AvgIpc) is 2.54. The van der Waals surface area contributed by atoms with E-state index in [1.54, 1.807) is 0 Å². The lowest BCUT2D eigenvalue weighted by Gasteiger charge is -2.25. The van der Waals surface area contributed by atoms with E-state index >= 15 is 0 Å². The van der Waals surface area contributed by atoms with Gasteiger partial charge in [-0.3, -0.25) is 0 Å². The number of aliphatic hydroxyl groups is 1. The fourth-order valence-electron chi connectivity index (χ4n) is 2.92. The Morgan fingerprint density at radius 3 is 2.30 bits per heavy atom. The molecule has 0 bridgehead atoms. The summed E-state index contributed by atoms with van der Waals surface area (Å²) in [6.07, 6.45) is 6.89. The first-order valence-corrected chi connectivity index (χ1v) is 11.9. The maximum absolute atomic E-state index is 9.75. The van der Waals surface area contributed by atoms with E-state index in [1.165, 1.54) is 23.2 Å². The molecule has 0 aromatic heterocycles. The second-order valence-corrected chi connectivity index (χ2v) is 12.1. The highest BCUT2D eigenvalue weighted by Crippen LogP contribution is 2.20. The number of aliphatic hydroxyl groups excluding tert-OH is 1. The highest BCUT2D eigenvalue weighted by molar-refractivity contribution is 6.95. The van der Waals surface area contributed by atoms with Gasteiger partial charge in [0.05, 0.1) is 6.61 Å². The van der Waals surface area contributed by atoms with Crippen LogP contribution in [0.25, 0.3) is 0 Å². The zero-order chi connectivity index (χ0) is 17.5. The molecule has 0 fully saturated rings. The molecule has 0 saturated heterocycles. The van der Waals surface area contributed by atoms with Crippen LogP contribution in [0.1, 0.15) is 40.5 Å². The van der Waals surface area contributed by atoms with Crippen LogP contribution < -0.4 is 5.19 Å². The third-order valence-electron chi connectivity index (χ3n) is 5.04. The molecule has 0 saturated carbocycles. The van der Waals surface area contributed by atoms with Crippen molar-refractivity contribution in [2.24, 2.45) is 11.8 Å². The number of hydrogen-bond acceptors (Lipinski definition) is 1. The summed E-state index contributed by atoms with van der Waals surface area (Å²) < 4.78 is 0. The van der Waals surface area contributed by atoms with Crippen LogP contribution in [0.4, 0.5) is 0 Å². The number of benzene rings is 1. The van der Waals surface area contributed by atoms with Crippen molar-refractivity contribution >= 4 is 13.3 Å². The number of rotatable bonds is 8. The first-order valence-electron chi connectivity index (χ1n) is 8.87. The predicted octanol–water partition coefficient (Wildman–Crippen LogP) is 5.08. The Labute approximate surface area is 144 Å². The summed E-state index contributed by atoms with van der Waals surface area (Å²) in [7, 11) is -1.64. The molecule has 2 heteroatoms. The summed E-state index contributed by atoms with van der Waals surface area (Å²) in [4.78, 5) is 0. The Hall–Kier alpha value is -1.12. The molecule has 128 valence electrons. The van der Waals surface area contributed by atoms with Gasteiger partial charge in [0.25, 0.3) is 0 Å². The molecule has 1 aromatic rings. The summed E-state index contributed by atoms with van der Waals surface area (Å²) in [6, 6.07) is 10.8. The van der Waals surface area contributed by atoms with Crippen molar-refractivity contribution < 1.29 is 5.11 Å². The van der Waals surface area contributed by atoms with Crippen LogP contribution in [0, 0.1) is 11.8 Å². The molecule has 0 aliphatic rings. The minimum Gasteiger partial charge on any atom is -0.392 e. The summed E-state index contributed by atoms with van der Waals surface area (Å²) in [5.41, 5.74) is 1.06. The molecule has 0 heterocycles. The summed E-state index contributed by atoms with van der Waals surface area (Å²) in [5, 5.41) is 12.6. The van der Waals surface area contributed by atoms with Crippen LogP contribution in [-0.2, 0) is 0 Å². The monoisotopic (exact) mass is 330 g/mol. The maximum Gasteiger partial charge on any atom is 0.107 e. The molecule has 0 spiro atoms. The number of allylic oxidation sites excluding steroid dienone is 2. The quantitative estimate of drug-likeness (QED) is 0.520. The van der Waals surface area contributed by atoms with Gasteiger partial charge in [-0.25, -0.2) is 0 Å². The normalized spacial score (nSPS) is 16.3. The minimum absolute atomic E-state index is 0.126. The van der Waals surface area contributed by atoms with E-state index in [2.05, 4.69) is 83.3 Å². The zero-order valence-corrected chi connectivity index (χ0v) is 16.8. The molecule has 1 aromatic carbocycles. The highest BCUT2D eigenvalue weighted by Gasteiger charge is 2.25. The molecule has 0 unspecified atom stereocenters. The van der Waals surface area contributed by atoms with Crippen molar-refractivity contribution in [1.82, 2.24) is 0 Å². The molecule has 1 nitrogen and oxygen atoms in total. The van der Waals surface area contributed by atoms with Gasteiger partial charge in [0.15, 0.2) is 0 Å². The first kappa shape index (κ1) is 19.9. The van der Waals surface area contributed by atoms with Crippen LogP contribution in [0.2, 0.25) is 13.1 Å². The Balaban J connectivity index is 2.96. The molecular formula is C21H34OSi. The lowest BCUT2D eigenvalue weighted by atomic mass is 9.94. The molecule has 2 atom stereocenters. The van der Waals surface area contributed by atoms with E-state index in [-0.39, 0.29) is 6.61 Å². The van der Waals surface area contributed by atoms with Gasteiger partial charge in [-0.1, -0.05) is 93.2 Å². The Morgan fingerprint density at radius 2 is 1.78 bits per heavy atom. The van der Waals surface area contributed by atoms with E-state index < -0.39 is 8.07 Å². The van der Waals surface area contributed by atoms with Crippen LogP contribution in [-0.4, -0.2) is 19.8 Å². The van der Waals surface area contributed by atoms with Gasteiger partial charge in [-0.15, -0.1) is 0 Å². The lowest BCUT2D eigenvalue weighted by molar-refractivity contribution is 0.333. The van der Waals surface area contributed by atoms with Gasteiger partial charge in [-0.2, -0.15) is 0 Å². The fraction of sp³-hybridized carbons (Fsp3) is 0.524. The van der Waals surface area contributed by atoms with Crippen LogP contribution in [0.5, 0.6) is 0 Å². The second-order valence-electron chi connectivity index (χ2n) is 7.44. The Bertz CT molecular complexity index is 528. The fourth-order valence-corrected chi connectivity index (χ4v) is 4.95. The van der Waals surface area contributed by atoms with Crippen LogP contribution in [0.3, 0.4) is 0 Å². The molecule has 0 aliphatic heterocycles. The van der Waals surface area contributed by atoms with E-state index in [9.17, 15) is 5.11 Å². The summed E-state index contributed by atoms with van der Waals surface area (Å²) in [5.74, 6) is 1.25. The molecule has 0 radical (unpaired) electrons. The first-order chi connectivity index (χ1) is 10.8. The predicted molar refractivity (Wildman–Crippen MR) is 106 cm³/mol. The van der Waals surface area contributed by atoms with Gasteiger partial charge in [0, 0.05) is 0 Å². The largest absolute Gasteiger partial charge is 0.392 e. The molecule has 0 amide bonds. The maximum atomic E-state index is 9.75. The van der Waals surface area contributed by atoms with Crippen molar-refractivity contribution in [2.45, 2.75) is 53.6 Å². The van der Waals surface area contributed by atoms with Crippen molar-refractivity contribution in [3.8, 4) is 0 Å². The standard InChI is InChI=1S/C21H34OSi/c1-7-17(2)13-18(3)14-20(16-22)15-19(4)23(5,6)21-11-9-8-10-12-21/h8-12,14-15,17-18,22H,7,13,16H2,1-6H3/b19-15+,20-14-/t17-,18-/m0/s1. The minimum atomic E-state index is -1.64. The van der Waals surface area contributed by atoms with Crippen LogP contribution >= 0.6 is 0 Å². The summed E-state index contributed by atoms with van der Waals surface area (Å²) in [6.45, 7) is 13.9. The summed E-state index contributed by atoms with van der Waals surface area (Å²) >= 11 is 0. The highest BCUT2D eigenvalue weighted by atomic mass is 28.3. The SMILES string of the molecule is CC[C@H](C)C[C@H](C)/C=C(/C=C(\C)[Si](C)(C)c1ccccc1)CO. The van der Waals surface area contributed by atoms with Gasteiger partial charge < -0.3 is 5.11 Å². The van der Waals surface area contributed by atoms with E-state index in [0.29, 0.717) is 5.92 Å². The van der Waals surface area contributed by atoms with Crippen LogP contribution in [0.15, 0.2) is 53.3 Å². The Kier molecular flexibility index (Phi) is 8.00. The third-order valence-corrected chi connectivity index (χ3v) is 8.93. The Morgan fingerprint density at radius 1 is 1.17 bits per heavy atom. The van der Waals surface area contributed by atoms with Gasteiger partial charge in [0.2, 0.25) is 0 Å². The van der Waals surface area contributed by atoms with Gasteiger partial charge >= 0.3 is 0 Å². The van der Waals surface area contributed by atoms with E-state index in [4.69, 9.17) is 0 Å². The number of hydrogen-bond donors (Lipinski definition) is 1. The van der Waals surface area contributed by atoms with Gasteiger partial charge in [-0.05, 0) is 30.8 Å². The average molecular weight is 331 g/mol. The van der Waals surface area contributed by atoms with E-state index in [1.807, 2.05) is 0 Å². The molecule has 1 rings (SSSR count). The zero-order valence-electron chi connectivity index (χ0n) is 15.8.